The van der Waals surface area contributed by atoms with Crippen molar-refractivity contribution in [2.75, 3.05) is 7.05 Å². The second-order valence-electron chi connectivity index (χ2n) is 6.14. The monoisotopic (exact) mass is 372 g/mol. The van der Waals surface area contributed by atoms with Crippen LogP contribution in [-0.4, -0.2) is 22.8 Å². The first kappa shape index (κ1) is 18.2. The summed E-state index contributed by atoms with van der Waals surface area (Å²) in [6, 6.07) is 10.5. The summed E-state index contributed by atoms with van der Waals surface area (Å²) in [6.07, 6.45) is 0. The van der Waals surface area contributed by atoms with Crippen molar-refractivity contribution >= 4 is 17.2 Å². The second kappa shape index (κ2) is 7.33. The molecule has 0 aliphatic rings. The third-order valence-electron chi connectivity index (χ3n) is 4.33. The van der Waals surface area contributed by atoms with Gasteiger partial charge in [0.05, 0.1) is 6.04 Å². The molecule has 0 N–H and O–H groups in total. The molecular formula is C20H18F2N2OS. The Hall–Kier alpha value is -2.60. The van der Waals surface area contributed by atoms with Gasteiger partial charge in [-0.15, -0.1) is 11.3 Å². The molecule has 3 rings (SSSR count). The Morgan fingerprint density at radius 1 is 1.12 bits per heavy atom. The van der Waals surface area contributed by atoms with Crippen LogP contribution in [0.15, 0.2) is 47.8 Å². The summed E-state index contributed by atoms with van der Waals surface area (Å²) in [5.74, 6) is -2.01. The van der Waals surface area contributed by atoms with E-state index in [0.717, 1.165) is 28.4 Å². The van der Waals surface area contributed by atoms with Crippen molar-refractivity contribution in [2.24, 2.45) is 0 Å². The summed E-state index contributed by atoms with van der Waals surface area (Å²) in [7, 11) is 1.65. The van der Waals surface area contributed by atoms with Gasteiger partial charge in [-0.1, -0.05) is 18.2 Å². The van der Waals surface area contributed by atoms with Crippen molar-refractivity contribution in [3.05, 3.63) is 76.3 Å². The topological polar surface area (TPSA) is 33.2 Å². The summed E-state index contributed by atoms with van der Waals surface area (Å²) in [5.41, 5.74) is 2.98. The number of benzene rings is 2. The summed E-state index contributed by atoms with van der Waals surface area (Å²) in [6.45, 7) is 3.71. The Balaban J connectivity index is 1.78. The van der Waals surface area contributed by atoms with Gasteiger partial charge in [-0.25, -0.2) is 13.8 Å². The van der Waals surface area contributed by atoms with Gasteiger partial charge in [0.1, 0.15) is 5.01 Å². The van der Waals surface area contributed by atoms with Gasteiger partial charge in [0.25, 0.3) is 5.91 Å². The van der Waals surface area contributed by atoms with E-state index in [-0.39, 0.29) is 11.9 Å². The largest absolute Gasteiger partial charge is 0.335 e. The molecule has 1 unspecified atom stereocenters. The first-order valence-corrected chi connectivity index (χ1v) is 8.99. The van der Waals surface area contributed by atoms with Gasteiger partial charge in [0, 0.05) is 29.2 Å². The van der Waals surface area contributed by atoms with E-state index in [4.69, 9.17) is 0 Å². The highest BCUT2D eigenvalue weighted by Gasteiger charge is 2.20. The molecule has 1 amide bonds. The molecule has 2 aromatic carbocycles. The van der Waals surface area contributed by atoms with Gasteiger partial charge in [-0.3, -0.25) is 4.79 Å². The van der Waals surface area contributed by atoms with E-state index in [0.29, 0.717) is 11.1 Å². The number of carbonyl (C=O) groups is 1. The lowest BCUT2D eigenvalue weighted by Gasteiger charge is -2.25. The smallest absolute Gasteiger partial charge is 0.254 e. The second-order valence-corrected chi connectivity index (χ2v) is 7.00. The van der Waals surface area contributed by atoms with Crippen molar-refractivity contribution in [1.82, 2.24) is 9.88 Å². The maximum atomic E-state index is 13.5. The molecule has 3 aromatic rings. The van der Waals surface area contributed by atoms with Crippen molar-refractivity contribution in [3.8, 4) is 10.6 Å². The zero-order chi connectivity index (χ0) is 18.8. The summed E-state index contributed by atoms with van der Waals surface area (Å²) in [4.78, 5) is 18.6. The predicted octanol–water partition coefficient (Wildman–Crippen LogP) is 5.23. The average molecular weight is 372 g/mol. The van der Waals surface area contributed by atoms with Crippen molar-refractivity contribution in [2.45, 2.75) is 19.9 Å². The standard InChI is InChI=1S/C20H18F2N2OS/c1-12-11-26-19(23-12)14-4-6-15(7-5-14)20(25)24(3)13(2)16-8-9-17(21)18(22)10-16/h4-11,13H,1-3H3. The van der Waals surface area contributed by atoms with Gasteiger partial charge >= 0.3 is 0 Å². The first-order valence-electron chi connectivity index (χ1n) is 8.11. The normalized spacial score (nSPS) is 12.0. The number of thiazole rings is 1. The minimum atomic E-state index is -0.918. The molecule has 3 nitrogen and oxygen atoms in total. The lowest BCUT2D eigenvalue weighted by molar-refractivity contribution is 0.0742. The Kier molecular flexibility index (Phi) is 5.13. The molecule has 134 valence electrons. The first-order chi connectivity index (χ1) is 12.4. The van der Waals surface area contributed by atoms with Crippen LogP contribution in [-0.2, 0) is 0 Å². The molecule has 0 saturated heterocycles. The maximum absolute atomic E-state index is 13.5. The zero-order valence-electron chi connectivity index (χ0n) is 14.7. The van der Waals surface area contributed by atoms with E-state index in [1.807, 2.05) is 24.4 Å². The minimum absolute atomic E-state index is 0.191. The highest BCUT2D eigenvalue weighted by Crippen LogP contribution is 2.26. The number of amides is 1. The van der Waals surface area contributed by atoms with Gasteiger partial charge in [-0.2, -0.15) is 0 Å². The van der Waals surface area contributed by atoms with Crippen molar-refractivity contribution in [3.63, 3.8) is 0 Å². The Labute approximate surface area is 154 Å². The lowest BCUT2D eigenvalue weighted by atomic mass is 10.1. The molecule has 0 radical (unpaired) electrons. The summed E-state index contributed by atoms with van der Waals surface area (Å²) in [5, 5.41) is 2.89. The van der Waals surface area contributed by atoms with Crippen LogP contribution in [0, 0.1) is 18.6 Å². The van der Waals surface area contributed by atoms with Crippen LogP contribution in [0.5, 0.6) is 0 Å². The quantitative estimate of drug-likeness (QED) is 0.628. The van der Waals surface area contributed by atoms with E-state index >= 15 is 0 Å². The zero-order valence-corrected chi connectivity index (χ0v) is 15.5. The number of halogens is 2. The van der Waals surface area contributed by atoms with Crippen LogP contribution in [0.2, 0.25) is 0 Å². The molecule has 1 atom stereocenters. The lowest BCUT2D eigenvalue weighted by Crippen LogP contribution is -2.29. The van der Waals surface area contributed by atoms with E-state index < -0.39 is 11.6 Å². The van der Waals surface area contributed by atoms with Crippen molar-refractivity contribution < 1.29 is 13.6 Å². The molecule has 0 spiro atoms. The van der Waals surface area contributed by atoms with E-state index in [1.54, 1.807) is 37.4 Å². The predicted molar refractivity (Wildman–Crippen MR) is 99.2 cm³/mol. The van der Waals surface area contributed by atoms with Crippen LogP contribution in [0.3, 0.4) is 0 Å². The third kappa shape index (κ3) is 3.65. The Bertz CT molecular complexity index is 937. The number of aryl methyl sites for hydroxylation is 1. The Morgan fingerprint density at radius 3 is 2.38 bits per heavy atom. The molecule has 1 heterocycles. The molecule has 0 bridgehead atoms. The van der Waals surface area contributed by atoms with Crippen LogP contribution in [0.25, 0.3) is 10.6 Å². The summed E-state index contributed by atoms with van der Waals surface area (Å²) >= 11 is 1.56. The van der Waals surface area contributed by atoms with E-state index in [9.17, 15) is 13.6 Å². The Morgan fingerprint density at radius 2 is 1.81 bits per heavy atom. The molecular weight excluding hydrogens is 354 g/mol. The molecule has 0 aliphatic carbocycles. The maximum Gasteiger partial charge on any atom is 0.254 e. The van der Waals surface area contributed by atoms with Gasteiger partial charge in [0.15, 0.2) is 11.6 Å². The van der Waals surface area contributed by atoms with Crippen molar-refractivity contribution in [1.29, 1.82) is 0 Å². The highest BCUT2D eigenvalue weighted by atomic mass is 32.1. The fraction of sp³-hybridized carbons (Fsp3) is 0.200. The number of hydrogen-bond donors (Lipinski definition) is 0. The van der Waals surface area contributed by atoms with E-state index in [1.165, 1.54) is 11.0 Å². The van der Waals surface area contributed by atoms with Crippen LogP contribution >= 0.6 is 11.3 Å². The van der Waals surface area contributed by atoms with Gasteiger partial charge < -0.3 is 4.90 Å². The number of hydrogen-bond acceptors (Lipinski definition) is 3. The number of nitrogens with zero attached hydrogens (tertiary/aromatic N) is 2. The van der Waals surface area contributed by atoms with E-state index in [2.05, 4.69) is 4.98 Å². The molecule has 0 aliphatic heterocycles. The van der Waals surface area contributed by atoms with Crippen LogP contribution in [0.4, 0.5) is 8.78 Å². The molecule has 0 fully saturated rings. The highest BCUT2D eigenvalue weighted by molar-refractivity contribution is 7.13. The SMILES string of the molecule is Cc1csc(-c2ccc(C(=O)N(C)C(C)c3ccc(F)c(F)c3)cc2)n1. The fourth-order valence-electron chi connectivity index (χ4n) is 2.62. The molecule has 0 saturated carbocycles. The molecule has 26 heavy (non-hydrogen) atoms. The number of carbonyl (C=O) groups excluding carboxylic acids is 1. The van der Waals surface area contributed by atoms with Crippen LogP contribution < -0.4 is 0 Å². The minimum Gasteiger partial charge on any atom is -0.335 e. The number of rotatable bonds is 4. The average Bonchev–Trinajstić information content (AvgIpc) is 3.08. The molecule has 6 heteroatoms. The molecule has 1 aromatic heterocycles. The van der Waals surface area contributed by atoms with Gasteiger partial charge in [0.2, 0.25) is 0 Å². The third-order valence-corrected chi connectivity index (χ3v) is 5.33. The number of aromatic nitrogens is 1. The fourth-order valence-corrected chi connectivity index (χ4v) is 3.42. The summed E-state index contributed by atoms with van der Waals surface area (Å²) < 4.78 is 26.6. The van der Waals surface area contributed by atoms with Gasteiger partial charge in [-0.05, 0) is 43.7 Å². The van der Waals surface area contributed by atoms with Crippen LogP contribution in [0.1, 0.15) is 34.6 Å².